The summed E-state index contributed by atoms with van der Waals surface area (Å²) in [6.45, 7) is 2.95. The molecule has 1 aliphatic heterocycles. The van der Waals surface area contributed by atoms with Crippen LogP contribution in [0.25, 0.3) is 0 Å². The Hall–Kier alpha value is -2.08. The van der Waals surface area contributed by atoms with Gasteiger partial charge in [-0.25, -0.2) is 9.13 Å². The van der Waals surface area contributed by atoms with Gasteiger partial charge in [-0.2, -0.15) is 0 Å². The molecule has 1 heterocycles. The first-order chi connectivity index (χ1) is 31.6. The molecule has 0 radical (unpaired) electrons. The van der Waals surface area contributed by atoms with Crippen molar-refractivity contribution in [3.8, 4) is 0 Å². The van der Waals surface area contributed by atoms with Gasteiger partial charge in [-0.1, -0.05) is 140 Å². The lowest BCUT2D eigenvalue weighted by Gasteiger charge is -2.43. The molecule has 0 spiro atoms. The Morgan fingerprint density at radius 3 is 1.74 bits per heavy atom. The maximum atomic E-state index is 13.0. The fourth-order valence-electron chi connectivity index (χ4n) is 7.47. The summed E-state index contributed by atoms with van der Waals surface area (Å²) in [6, 6.07) is 0. The third-order valence-corrected chi connectivity index (χ3v) is 12.8. The smallest absolute Gasteiger partial charge is 0.462 e. The molecule has 0 bridgehead atoms. The minimum Gasteiger partial charge on any atom is -0.462 e. The number of esters is 2. The quantitative estimate of drug-likeness (QED) is 0.0100. The Balaban J connectivity index is 1.80. The van der Waals surface area contributed by atoms with Crippen LogP contribution < -0.4 is 0 Å². The lowest BCUT2D eigenvalue weighted by molar-refractivity contribution is -0.216. The zero-order valence-corrected chi connectivity index (χ0v) is 41.1. The Morgan fingerprint density at radius 2 is 1.12 bits per heavy atom. The van der Waals surface area contributed by atoms with E-state index < -0.39 is 83.5 Å². The number of hydrogen-bond donors (Lipinski definition) is 7. The van der Waals surface area contributed by atoms with Gasteiger partial charge in [0.15, 0.2) is 6.10 Å². The average molecular weight is 981 g/mol. The number of unbranched alkanes of at least 4 members (excludes halogenated alkanes) is 14. The molecule has 1 saturated heterocycles. The third-order valence-electron chi connectivity index (χ3n) is 11.3. The summed E-state index contributed by atoms with van der Waals surface area (Å²) in [6.07, 6.45) is 25.4. The number of aliphatic hydroxyl groups is 4. The molecule has 2 aliphatic rings. The Bertz CT molecular complexity index is 1530. The molecule has 17 nitrogen and oxygen atoms in total. The van der Waals surface area contributed by atoms with Crippen LogP contribution in [0.3, 0.4) is 0 Å². The lowest BCUT2D eigenvalue weighted by atomic mass is 9.85. The van der Waals surface area contributed by atoms with E-state index in [0.29, 0.717) is 31.5 Å². The number of epoxide rings is 1. The maximum absolute atomic E-state index is 13.0. The number of phosphoric acid groups is 2. The van der Waals surface area contributed by atoms with Crippen molar-refractivity contribution in [2.75, 3.05) is 13.2 Å². The Morgan fingerprint density at radius 1 is 0.576 bits per heavy atom. The number of phosphoric ester groups is 2. The van der Waals surface area contributed by atoms with Crippen molar-refractivity contribution in [2.24, 2.45) is 0 Å². The zero-order chi connectivity index (χ0) is 48.6. The van der Waals surface area contributed by atoms with Crippen LogP contribution in [0.4, 0.5) is 0 Å². The van der Waals surface area contributed by atoms with E-state index in [4.69, 9.17) is 23.3 Å². The first-order valence-electron chi connectivity index (χ1n) is 24.3. The van der Waals surface area contributed by atoms with E-state index in [0.717, 1.165) is 64.2 Å². The van der Waals surface area contributed by atoms with Crippen LogP contribution in [0, 0.1) is 0 Å². The number of hydrogen-bond acceptors (Lipinski definition) is 14. The molecule has 382 valence electrons. The summed E-state index contributed by atoms with van der Waals surface area (Å²) < 4.78 is 55.1. The van der Waals surface area contributed by atoms with Crippen molar-refractivity contribution >= 4 is 27.6 Å². The minimum absolute atomic E-state index is 0.0283. The van der Waals surface area contributed by atoms with Gasteiger partial charge >= 0.3 is 27.6 Å². The standard InChI is InChI=1S/C47H82O17P2/c1-3-5-7-8-9-10-11-12-13-14-15-20-23-26-30-34-41(49)61-37(36-60-66(57,58)64-47-44(52)42(50)43(51)46(45(47)53)63-65(54,55)56)35-59-40(48)33-29-25-22-19-17-16-18-21-24-28-32-39-38(62-39)31-27-6-4-2/h5,7,16,18-19,22,24,28,37-39,42-47,50-53H,3-4,6,8-15,17,20-21,23,25-27,29-36H2,1-2H3,(H,57,58)(H2,54,55,56)/b7-5-,18-16-,22-19-,28-24-/t37-,38?,39?,42?,43?,44?,45?,46-,47+/m1/s1. The summed E-state index contributed by atoms with van der Waals surface area (Å²) >= 11 is 0. The van der Waals surface area contributed by atoms with E-state index in [1.807, 2.05) is 12.2 Å². The highest BCUT2D eigenvalue weighted by molar-refractivity contribution is 7.47. The summed E-state index contributed by atoms with van der Waals surface area (Å²) in [5.74, 6) is -1.28. The number of ether oxygens (including phenoxy) is 3. The van der Waals surface area contributed by atoms with Gasteiger partial charge < -0.3 is 49.3 Å². The molecule has 1 aliphatic carbocycles. The molecule has 66 heavy (non-hydrogen) atoms. The van der Waals surface area contributed by atoms with E-state index in [2.05, 4.69) is 54.8 Å². The van der Waals surface area contributed by atoms with Gasteiger partial charge in [-0.3, -0.25) is 23.2 Å². The highest BCUT2D eigenvalue weighted by Gasteiger charge is 2.54. The van der Waals surface area contributed by atoms with Gasteiger partial charge in [-0.15, -0.1) is 0 Å². The predicted octanol–water partition coefficient (Wildman–Crippen LogP) is 8.27. The average Bonchev–Trinajstić information content (AvgIpc) is 4.03. The summed E-state index contributed by atoms with van der Waals surface area (Å²) in [4.78, 5) is 54.3. The van der Waals surface area contributed by atoms with Crippen molar-refractivity contribution in [3.63, 3.8) is 0 Å². The van der Waals surface area contributed by atoms with Crippen molar-refractivity contribution in [3.05, 3.63) is 48.6 Å². The van der Waals surface area contributed by atoms with E-state index in [9.17, 15) is 53.8 Å². The highest BCUT2D eigenvalue weighted by Crippen LogP contribution is 2.49. The Labute approximate surface area is 392 Å². The zero-order valence-electron chi connectivity index (χ0n) is 39.3. The van der Waals surface area contributed by atoms with Crippen molar-refractivity contribution < 1.29 is 81.6 Å². The molecule has 7 N–H and O–H groups in total. The van der Waals surface area contributed by atoms with Crippen LogP contribution in [-0.2, 0) is 46.5 Å². The van der Waals surface area contributed by atoms with Gasteiger partial charge in [0.1, 0.15) is 43.2 Å². The van der Waals surface area contributed by atoms with Gasteiger partial charge in [0.05, 0.1) is 18.8 Å². The van der Waals surface area contributed by atoms with Gasteiger partial charge in [-0.05, 0) is 64.2 Å². The van der Waals surface area contributed by atoms with Crippen molar-refractivity contribution in [1.82, 2.24) is 0 Å². The minimum atomic E-state index is -5.37. The number of aliphatic hydroxyl groups excluding tert-OH is 4. The van der Waals surface area contributed by atoms with E-state index in [1.54, 1.807) is 0 Å². The first-order valence-corrected chi connectivity index (χ1v) is 27.3. The topological polar surface area (TPSA) is 269 Å². The largest absolute Gasteiger partial charge is 0.472 e. The Kier molecular flexibility index (Phi) is 31.9. The number of carbonyl (C=O) groups is 2. The molecule has 10 atom stereocenters. The van der Waals surface area contributed by atoms with Gasteiger partial charge in [0.25, 0.3) is 0 Å². The predicted molar refractivity (Wildman–Crippen MR) is 250 cm³/mol. The second-order valence-corrected chi connectivity index (χ2v) is 19.8. The monoisotopic (exact) mass is 981 g/mol. The molecule has 1 saturated carbocycles. The van der Waals surface area contributed by atoms with Crippen LogP contribution in [0.15, 0.2) is 48.6 Å². The second-order valence-electron chi connectivity index (χ2n) is 17.2. The second kappa shape index (κ2) is 35.1. The molecular formula is C47H82O17P2. The fourth-order valence-corrected chi connectivity index (χ4v) is 9.01. The van der Waals surface area contributed by atoms with E-state index in [-0.39, 0.29) is 12.8 Å². The van der Waals surface area contributed by atoms with E-state index >= 15 is 0 Å². The number of carbonyl (C=O) groups excluding carboxylic acids is 2. The molecule has 2 fully saturated rings. The first kappa shape index (κ1) is 60.0. The molecule has 0 aromatic heterocycles. The summed E-state index contributed by atoms with van der Waals surface area (Å²) in [5, 5.41) is 41.3. The van der Waals surface area contributed by atoms with Crippen LogP contribution in [0.1, 0.15) is 168 Å². The van der Waals surface area contributed by atoms with Crippen LogP contribution in [0.2, 0.25) is 0 Å². The van der Waals surface area contributed by atoms with Crippen LogP contribution in [-0.4, -0.2) is 115 Å². The van der Waals surface area contributed by atoms with Crippen molar-refractivity contribution in [2.45, 2.75) is 223 Å². The highest BCUT2D eigenvalue weighted by atomic mass is 31.2. The van der Waals surface area contributed by atoms with Crippen LogP contribution >= 0.6 is 15.6 Å². The molecule has 19 heteroatoms. The van der Waals surface area contributed by atoms with Crippen molar-refractivity contribution in [1.29, 1.82) is 0 Å². The number of rotatable bonds is 39. The van der Waals surface area contributed by atoms with Crippen LogP contribution in [0.5, 0.6) is 0 Å². The molecule has 0 aromatic rings. The molecule has 2 rings (SSSR count). The molecular weight excluding hydrogens is 898 g/mol. The number of allylic oxidation sites excluding steroid dienone is 7. The molecule has 7 unspecified atom stereocenters. The lowest BCUT2D eigenvalue weighted by Crippen LogP contribution is -2.64. The molecule has 0 aromatic carbocycles. The van der Waals surface area contributed by atoms with Gasteiger partial charge in [0, 0.05) is 12.8 Å². The fraction of sp³-hybridized carbons (Fsp3) is 0.787. The summed E-state index contributed by atoms with van der Waals surface area (Å²) in [7, 11) is -10.7. The summed E-state index contributed by atoms with van der Waals surface area (Å²) in [5.41, 5.74) is 0. The SMILES string of the molecule is CC/C=C\CCCCCCCCCCCCCC(=O)O[C@H](COC(=O)CCC/C=C\C/C=C\C/C=C\CC1OC1CCCCC)COP(=O)(O)O[C@H]1C(O)C(O)C(O)[C@@H](OP(=O)(O)O)C1O. The van der Waals surface area contributed by atoms with Gasteiger partial charge in [0.2, 0.25) is 0 Å². The maximum Gasteiger partial charge on any atom is 0.472 e. The van der Waals surface area contributed by atoms with E-state index in [1.165, 1.54) is 57.8 Å². The normalized spacial score (nSPS) is 25.0. The third kappa shape index (κ3) is 28.4. The molecule has 0 amide bonds.